The number of aryl methyl sites for hydroxylation is 1. The Kier molecular flexibility index (Phi) is 3.87. The Balaban J connectivity index is 1.96. The van der Waals surface area contributed by atoms with Crippen LogP contribution in [0.15, 0.2) is 24.3 Å². The Morgan fingerprint density at radius 1 is 1.44 bits per heavy atom. The molecule has 1 aromatic rings. The van der Waals surface area contributed by atoms with E-state index in [1.54, 1.807) is 0 Å². The summed E-state index contributed by atoms with van der Waals surface area (Å²) in [7, 11) is 1.93. The first-order chi connectivity index (χ1) is 8.56. The average molecular weight is 248 g/mol. The van der Waals surface area contributed by atoms with Crippen LogP contribution in [0.2, 0.25) is 0 Å². The van der Waals surface area contributed by atoms with E-state index in [0.29, 0.717) is 12.6 Å². The van der Waals surface area contributed by atoms with Gasteiger partial charge in [-0.05, 0) is 31.9 Å². The van der Waals surface area contributed by atoms with Gasteiger partial charge in [-0.2, -0.15) is 0 Å². The van der Waals surface area contributed by atoms with Crippen LogP contribution in [-0.4, -0.2) is 36.8 Å². The van der Waals surface area contributed by atoms with Gasteiger partial charge in [-0.1, -0.05) is 17.7 Å². The van der Waals surface area contributed by atoms with Gasteiger partial charge in [-0.25, -0.2) is 0 Å². The van der Waals surface area contributed by atoms with Gasteiger partial charge in [-0.3, -0.25) is 4.79 Å². The van der Waals surface area contributed by atoms with Gasteiger partial charge in [0, 0.05) is 25.3 Å². The van der Waals surface area contributed by atoms with Gasteiger partial charge < -0.3 is 15.3 Å². The Labute approximate surface area is 108 Å². The highest BCUT2D eigenvalue weighted by atomic mass is 16.4. The van der Waals surface area contributed by atoms with Crippen LogP contribution in [0.5, 0.6) is 0 Å². The number of rotatable bonds is 6. The van der Waals surface area contributed by atoms with E-state index in [9.17, 15) is 9.90 Å². The number of likely N-dealkylation sites (N-methyl/N-ethyl adjacent to an activating group) is 1. The third-order valence-corrected chi connectivity index (χ3v) is 3.24. The van der Waals surface area contributed by atoms with Crippen LogP contribution in [0.25, 0.3) is 0 Å². The number of anilines is 1. The Bertz CT molecular complexity index is 412. The van der Waals surface area contributed by atoms with E-state index in [0.717, 1.165) is 18.5 Å². The number of carboxylic acids is 1. The summed E-state index contributed by atoms with van der Waals surface area (Å²) < 4.78 is 0. The highest BCUT2D eigenvalue weighted by Gasteiger charge is 2.28. The maximum Gasteiger partial charge on any atom is 0.322 e. The van der Waals surface area contributed by atoms with E-state index in [1.807, 2.05) is 43.1 Å². The van der Waals surface area contributed by atoms with Crippen molar-refractivity contribution in [1.29, 1.82) is 0 Å². The maximum absolute atomic E-state index is 11.2. The van der Waals surface area contributed by atoms with E-state index in [1.165, 1.54) is 5.56 Å². The molecule has 0 bridgehead atoms. The van der Waals surface area contributed by atoms with Crippen LogP contribution in [0.4, 0.5) is 5.69 Å². The monoisotopic (exact) mass is 248 g/mol. The summed E-state index contributed by atoms with van der Waals surface area (Å²) in [5, 5.41) is 12.4. The number of hydrogen-bond donors (Lipinski definition) is 2. The molecule has 2 rings (SSSR count). The minimum Gasteiger partial charge on any atom is -0.480 e. The van der Waals surface area contributed by atoms with Crippen molar-refractivity contribution in [2.24, 2.45) is 0 Å². The summed E-state index contributed by atoms with van der Waals surface area (Å²) in [5.74, 6) is -0.777. The molecular weight excluding hydrogens is 228 g/mol. The van der Waals surface area contributed by atoms with Gasteiger partial charge >= 0.3 is 5.97 Å². The van der Waals surface area contributed by atoms with Crippen LogP contribution in [-0.2, 0) is 4.79 Å². The molecule has 4 nitrogen and oxygen atoms in total. The molecule has 0 heterocycles. The number of carboxylic acid groups (broad SMARTS) is 1. The summed E-state index contributed by atoms with van der Waals surface area (Å²) in [4.78, 5) is 13.2. The van der Waals surface area contributed by atoms with E-state index in [4.69, 9.17) is 0 Å². The first-order valence-electron chi connectivity index (χ1n) is 6.33. The number of nitrogens with one attached hydrogen (secondary N) is 1. The lowest BCUT2D eigenvalue weighted by Gasteiger charge is -2.24. The molecule has 0 amide bonds. The van der Waals surface area contributed by atoms with Gasteiger partial charge in [0.15, 0.2) is 0 Å². The van der Waals surface area contributed by atoms with Gasteiger partial charge in [0.2, 0.25) is 0 Å². The summed E-state index contributed by atoms with van der Waals surface area (Å²) >= 11 is 0. The molecule has 0 saturated heterocycles. The minimum absolute atomic E-state index is 0.400. The summed E-state index contributed by atoms with van der Waals surface area (Å²) in [6.07, 6.45) is 2.19. The number of aliphatic carboxylic acids is 1. The number of carbonyl (C=O) groups is 1. The molecule has 0 radical (unpaired) electrons. The van der Waals surface area contributed by atoms with E-state index < -0.39 is 12.0 Å². The summed E-state index contributed by atoms with van der Waals surface area (Å²) in [6, 6.07) is 8.02. The normalized spacial score (nSPS) is 16.3. The lowest BCUT2D eigenvalue weighted by molar-refractivity contribution is -0.139. The van der Waals surface area contributed by atoms with Crippen molar-refractivity contribution in [3.8, 4) is 0 Å². The molecule has 1 aliphatic rings. The second-order valence-corrected chi connectivity index (χ2v) is 5.05. The molecule has 2 N–H and O–H groups in total. The zero-order valence-electron chi connectivity index (χ0n) is 10.9. The maximum atomic E-state index is 11.2. The molecule has 4 heteroatoms. The lowest BCUT2D eigenvalue weighted by atomic mass is 10.2. The van der Waals surface area contributed by atoms with Gasteiger partial charge in [0.25, 0.3) is 0 Å². The Morgan fingerprint density at radius 3 is 2.56 bits per heavy atom. The predicted molar refractivity (Wildman–Crippen MR) is 72.0 cm³/mol. The molecule has 1 unspecified atom stereocenters. The van der Waals surface area contributed by atoms with E-state index in [-0.39, 0.29) is 0 Å². The fraction of sp³-hybridized carbons (Fsp3) is 0.500. The number of nitrogens with zero attached hydrogens (tertiary/aromatic N) is 1. The minimum atomic E-state index is -0.777. The van der Waals surface area contributed by atoms with Crippen LogP contribution in [0.3, 0.4) is 0 Å². The van der Waals surface area contributed by atoms with Crippen molar-refractivity contribution < 1.29 is 9.90 Å². The van der Waals surface area contributed by atoms with Crippen molar-refractivity contribution in [3.63, 3.8) is 0 Å². The zero-order valence-corrected chi connectivity index (χ0v) is 10.9. The predicted octanol–water partition coefficient (Wildman–Crippen LogP) is 1.64. The van der Waals surface area contributed by atoms with Crippen LogP contribution in [0.1, 0.15) is 18.4 Å². The van der Waals surface area contributed by atoms with Crippen LogP contribution in [0, 0.1) is 6.92 Å². The summed E-state index contributed by atoms with van der Waals surface area (Å²) in [5.41, 5.74) is 2.25. The molecule has 0 aliphatic heterocycles. The topological polar surface area (TPSA) is 52.6 Å². The SMILES string of the molecule is Cc1ccc(N(C)CC(NC2CC2)C(=O)O)cc1. The second kappa shape index (κ2) is 5.40. The smallest absolute Gasteiger partial charge is 0.322 e. The molecule has 1 fully saturated rings. The van der Waals surface area contributed by atoms with Crippen LogP contribution >= 0.6 is 0 Å². The fourth-order valence-electron chi connectivity index (χ4n) is 1.92. The quantitative estimate of drug-likeness (QED) is 0.803. The van der Waals surface area contributed by atoms with Crippen molar-refractivity contribution in [2.45, 2.75) is 31.8 Å². The van der Waals surface area contributed by atoms with Gasteiger partial charge in [0.05, 0.1) is 0 Å². The van der Waals surface area contributed by atoms with E-state index in [2.05, 4.69) is 5.32 Å². The van der Waals surface area contributed by atoms with Crippen molar-refractivity contribution >= 4 is 11.7 Å². The molecule has 1 aromatic carbocycles. The molecule has 1 aliphatic carbocycles. The van der Waals surface area contributed by atoms with Crippen LogP contribution < -0.4 is 10.2 Å². The number of hydrogen-bond acceptors (Lipinski definition) is 3. The Morgan fingerprint density at radius 2 is 2.06 bits per heavy atom. The Hall–Kier alpha value is -1.55. The first-order valence-corrected chi connectivity index (χ1v) is 6.33. The molecule has 0 spiro atoms. The zero-order chi connectivity index (χ0) is 13.1. The molecule has 1 atom stereocenters. The van der Waals surface area contributed by atoms with Crippen molar-refractivity contribution in [3.05, 3.63) is 29.8 Å². The highest BCUT2D eigenvalue weighted by Crippen LogP contribution is 2.20. The van der Waals surface area contributed by atoms with Crippen molar-refractivity contribution in [2.75, 3.05) is 18.5 Å². The first kappa shape index (κ1) is 12.9. The molecule has 0 aromatic heterocycles. The molecule has 1 saturated carbocycles. The largest absolute Gasteiger partial charge is 0.480 e. The third-order valence-electron chi connectivity index (χ3n) is 3.24. The second-order valence-electron chi connectivity index (χ2n) is 5.05. The highest BCUT2D eigenvalue weighted by molar-refractivity contribution is 5.74. The summed E-state index contributed by atoms with van der Waals surface area (Å²) in [6.45, 7) is 2.52. The average Bonchev–Trinajstić information content (AvgIpc) is 3.12. The van der Waals surface area contributed by atoms with Gasteiger partial charge in [0.1, 0.15) is 6.04 Å². The molecular formula is C14H20N2O2. The molecule has 18 heavy (non-hydrogen) atoms. The van der Waals surface area contributed by atoms with Crippen molar-refractivity contribution in [1.82, 2.24) is 5.32 Å². The standard InChI is InChI=1S/C14H20N2O2/c1-10-3-7-12(8-4-10)16(2)9-13(14(17)18)15-11-5-6-11/h3-4,7-8,11,13,15H,5-6,9H2,1-2H3,(H,17,18). The third kappa shape index (κ3) is 3.47. The lowest BCUT2D eigenvalue weighted by Crippen LogP contribution is -2.46. The fourth-order valence-corrected chi connectivity index (χ4v) is 1.92. The molecule has 98 valence electrons. The van der Waals surface area contributed by atoms with Gasteiger partial charge in [-0.15, -0.1) is 0 Å². The van der Waals surface area contributed by atoms with E-state index >= 15 is 0 Å². The number of benzene rings is 1.